The molecule has 0 spiro atoms. The van der Waals surface area contributed by atoms with Crippen molar-refractivity contribution >= 4 is 17.7 Å². The van der Waals surface area contributed by atoms with Crippen molar-refractivity contribution in [1.29, 1.82) is 0 Å². The van der Waals surface area contributed by atoms with Crippen molar-refractivity contribution in [2.45, 2.75) is 56.9 Å². The molecular weight excluding hydrogens is 354 g/mol. The van der Waals surface area contributed by atoms with Crippen molar-refractivity contribution in [3.05, 3.63) is 29.8 Å². The fourth-order valence-electron chi connectivity index (χ4n) is 4.95. The van der Waals surface area contributed by atoms with Crippen LogP contribution in [0.5, 0.6) is 0 Å². The second kappa shape index (κ2) is 8.52. The second-order valence-corrected chi connectivity index (χ2v) is 8.33. The van der Waals surface area contributed by atoms with Crippen LogP contribution in [0.3, 0.4) is 0 Å². The molecule has 0 atom stereocenters. The molecule has 4 rings (SSSR count). The zero-order valence-electron chi connectivity index (χ0n) is 16.6. The number of carbonyl (C=O) groups excluding carboxylic acids is 2. The topological polar surface area (TPSA) is 61.9 Å². The van der Waals surface area contributed by atoms with E-state index in [-0.39, 0.29) is 17.5 Å². The van der Waals surface area contributed by atoms with Gasteiger partial charge in [-0.3, -0.25) is 14.6 Å². The Hall–Kier alpha value is -2.08. The normalized spacial score (nSPS) is 22.7. The third-order valence-electron chi connectivity index (χ3n) is 6.59. The lowest BCUT2D eigenvalue weighted by Crippen LogP contribution is -2.58. The molecule has 2 heterocycles. The van der Waals surface area contributed by atoms with Crippen LogP contribution in [0, 0.1) is 0 Å². The molecule has 1 aliphatic carbocycles. The van der Waals surface area contributed by atoms with Crippen molar-refractivity contribution in [2.75, 3.05) is 37.7 Å². The summed E-state index contributed by atoms with van der Waals surface area (Å²) in [6.07, 6.45) is 9.75. The number of cyclic esters (lactones) is 1. The number of carbonyl (C=O) groups is 2. The van der Waals surface area contributed by atoms with Gasteiger partial charge in [-0.15, -0.1) is 0 Å². The second-order valence-electron chi connectivity index (χ2n) is 8.33. The number of likely N-dealkylation sites (tertiary alicyclic amines) is 1. The number of nitrogens with zero attached hydrogens (tertiary/aromatic N) is 2. The maximum atomic E-state index is 12.8. The first-order valence-electron chi connectivity index (χ1n) is 10.8. The Morgan fingerprint density at radius 2 is 1.64 bits per heavy atom. The van der Waals surface area contributed by atoms with E-state index >= 15 is 0 Å². The molecule has 6 nitrogen and oxygen atoms in total. The van der Waals surface area contributed by atoms with Crippen LogP contribution in [0.4, 0.5) is 10.5 Å². The summed E-state index contributed by atoms with van der Waals surface area (Å²) >= 11 is 0. The van der Waals surface area contributed by atoms with Gasteiger partial charge in [0, 0.05) is 23.3 Å². The van der Waals surface area contributed by atoms with Gasteiger partial charge in [-0.1, -0.05) is 25.7 Å². The Morgan fingerprint density at radius 1 is 0.964 bits per heavy atom. The lowest BCUT2D eigenvalue weighted by Gasteiger charge is -2.48. The molecule has 3 fully saturated rings. The molecule has 1 saturated carbocycles. The Labute approximate surface area is 167 Å². The van der Waals surface area contributed by atoms with Crippen LogP contribution in [-0.2, 0) is 4.74 Å². The number of hydrogen-bond donors (Lipinski definition) is 1. The number of nitrogens with one attached hydrogen (secondary N) is 1. The molecule has 3 aliphatic rings. The Bertz CT molecular complexity index is 691. The summed E-state index contributed by atoms with van der Waals surface area (Å²) < 4.78 is 4.98. The van der Waals surface area contributed by atoms with Gasteiger partial charge in [-0.05, 0) is 63.0 Å². The van der Waals surface area contributed by atoms with Crippen LogP contribution in [-0.4, -0.2) is 55.2 Å². The molecule has 0 bridgehead atoms. The third kappa shape index (κ3) is 4.02. The van der Waals surface area contributed by atoms with Gasteiger partial charge in [0.25, 0.3) is 5.91 Å². The highest BCUT2D eigenvalue weighted by Crippen LogP contribution is 2.35. The van der Waals surface area contributed by atoms with Crippen LogP contribution in [0.15, 0.2) is 24.3 Å². The van der Waals surface area contributed by atoms with Gasteiger partial charge >= 0.3 is 6.09 Å². The van der Waals surface area contributed by atoms with E-state index in [0.29, 0.717) is 18.7 Å². The molecule has 1 aromatic rings. The zero-order valence-corrected chi connectivity index (χ0v) is 16.6. The van der Waals surface area contributed by atoms with Gasteiger partial charge in [-0.25, -0.2) is 4.79 Å². The Kier molecular flexibility index (Phi) is 5.85. The molecule has 1 N–H and O–H groups in total. The fraction of sp³-hybridized carbons (Fsp3) is 0.636. The number of piperidine rings is 1. The Morgan fingerprint density at radius 3 is 2.29 bits per heavy atom. The lowest BCUT2D eigenvalue weighted by molar-refractivity contribution is 0.0326. The van der Waals surface area contributed by atoms with E-state index in [1.807, 2.05) is 12.1 Å². The molecule has 0 unspecified atom stereocenters. The predicted molar refractivity (Wildman–Crippen MR) is 109 cm³/mol. The van der Waals surface area contributed by atoms with Crippen molar-refractivity contribution in [2.24, 2.45) is 0 Å². The van der Waals surface area contributed by atoms with E-state index < -0.39 is 0 Å². The first-order chi connectivity index (χ1) is 13.7. The van der Waals surface area contributed by atoms with Gasteiger partial charge < -0.3 is 10.1 Å². The minimum Gasteiger partial charge on any atom is -0.447 e. The highest BCUT2D eigenvalue weighted by Gasteiger charge is 2.38. The number of rotatable bonds is 5. The van der Waals surface area contributed by atoms with Crippen LogP contribution in [0.1, 0.15) is 61.7 Å². The summed E-state index contributed by atoms with van der Waals surface area (Å²) in [5.41, 5.74) is 1.55. The van der Waals surface area contributed by atoms with E-state index in [4.69, 9.17) is 4.74 Å². The number of amides is 2. The van der Waals surface area contributed by atoms with Gasteiger partial charge in [0.1, 0.15) is 6.61 Å². The van der Waals surface area contributed by atoms with Crippen molar-refractivity contribution in [3.8, 4) is 0 Å². The maximum absolute atomic E-state index is 12.8. The number of benzene rings is 1. The van der Waals surface area contributed by atoms with E-state index in [1.54, 1.807) is 17.0 Å². The van der Waals surface area contributed by atoms with Gasteiger partial charge in [0.2, 0.25) is 0 Å². The van der Waals surface area contributed by atoms with Crippen LogP contribution >= 0.6 is 0 Å². The molecular formula is C22H31N3O3. The summed E-state index contributed by atoms with van der Waals surface area (Å²) in [7, 11) is 0. The first-order valence-corrected chi connectivity index (χ1v) is 10.8. The van der Waals surface area contributed by atoms with Gasteiger partial charge in [0.15, 0.2) is 0 Å². The molecule has 0 aromatic heterocycles. The monoisotopic (exact) mass is 385 g/mol. The van der Waals surface area contributed by atoms with Crippen LogP contribution in [0.25, 0.3) is 0 Å². The van der Waals surface area contributed by atoms with Crippen molar-refractivity contribution < 1.29 is 14.3 Å². The van der Waals surface area contributed by atoms with E-state index in [9.17, 15) is 9.59 Å². The average Bonchev–Trinajstić information content (AvgIpc) is 3.19. The SMILES string of the molecule is O=C(NCC1(N2CCCCC2)CCCCC1)c1ccc(N2CCOC2=O)cc1. The standard InChI is InChI=1S/C22H31N3O3/c26-20(18-7-9-19(10-8-18)25-15-16-28-21(25)27)23-17-22(11-3-1-4-12-22)24-13-5-2-6-14-24/h7-10H,1-6,11-17H2,(H,23,26). The quantitative estimate of drug-likeness (QED) is 0.842. The molecule has 28 heavy (non-hydrogen) atoms. The predicted octanol–water partition coefficient (Wildman–Crippen LogP) is 3.56. The van der Waals surface area contributed by atoms with Gasteiger partial charge in [-0.2, -0.15) is 0 Å². The summed E-state index contributed by atoms with van der Waals surface area (Å²) in [5, 5.41) is 3.22. The number of ether oxygens (including phenoxy) is 1. The molecule has 152 valence electrons. The minimum atomic E-state index is -0.321. The summed E-state index contributed by atoms with van der Waals surface area (Å²) in [5.74, 6) is -0.0301. The van der Waals surface area contributed by atoms with E-state index in [2.05, 4.69) is 10.2 Å². The van der Waals surface area contributed by atoms with Gasteiger partial charge in [0.05, 0.1) is 6.54 Å². The first kappa shape index (κ1) is 19.2. The van der Waals surface area contributed by atoms with Crippen LogP contribution < -0.4 is 10.2 Å². The average molecular weight is 386 g/mol. The largest absolute Gasteiger partial charge is 0.447 e. The highest BCUT2D eigenvalue weighted by molar-refractivity contribution is 5.95. The Balaban J connectivity index is 1.40. The zero-order chi connectivity index (χ0) is 19.4. The molecule has 2 saturated heterocycles. The number of hydrogen-bond acceptors (Lipinski definition) is 4. The number of anilines is 1. The molecule has 2 amide bonds. The van der Waals surface area contributed by atoms with E-state index in [0.717, 1.165) is 25.3 Å². The molecule has 2 aliphatic heterocycles. The molecule has 0 radical (unpaired) electrons. The maximum Gasteiger partial charge on any atom is 0.414 e. The summed E-state index contributed by atoms with van der Waals surface area (Å²) in [6.45, 7) is 4.03. The smallest absolute Gasteiger partial charge is 0.414 e. The highest BCUT2D eigenvalue weighted by atomic mass is 16.6. The minimum absolute atomic E-state index is 0.0301. The van der Waals surface area contributed by atoms with E-state index in [1.165, 1.54) is 51.4 Å². The van der Waals surface area contributed by atoms with Crippen molar-refractivity contribution in [3.63, 3.8) is 0 Å². The van der Waals surface area contributed by atoms with Crippen LogP contribution in [0.2, 0.25) is 0 Å². The summed E-state index contributed by atoms with van der Waals surface area (Å²) in [6, 6.07) is 7.24. The van der Waals surface area contributed by atoms with Crippen molar-refractivity contribution in [1.82, 2.24) is 10.2 Å². The lowest BCUT2D eigenvalue weighted by atomic mass is 9.79. The summed E-state index contributed by atoms with van der Waals surface area (Å²) in [4.78, 5) is 28.7. The molecule has 1 aromatic carbocycles. The fourth-order valence-corrected chi connectivity index (χ4v) is 4.95. The molecule has 6 heteroatoms. The third-order valence-corrected chi connectivity index (χ3v) is 6.59.